The normalized spacial score (nSPS) is 15.4. The molecule has 0 aromatic carbocycles. The van der Waals surface area contributed by atoms with Crippen LogP contribution in [0.5, 0.6) is 0 Å². The van der Waals surface area contributed by atoms with E-state index in [4.69, 9.17) is 4.74 Å². The molecule has 0 saturated carbocycles. The number of nitrogens with one attached hydrogen (secondary N) is 1. The zero-order valence-corrected chi connectivity index (χ0v) is 9.80. The fraction of sp³-hybridized carbons (Fsp3) is 0.700. The number of methoxy groups -OCH3 is 1. The number of hydrogen-bond acceptors (Lipinski definition) is 4. The first kappa shape index (κ1) is 11.6. The van der Waals surface area contributed by atoms with Gasteiger partial charge in [0.05, 0.1) is 11.2 Å². The van der Waals surface area contributed by atoms with E-state index < -0.39 is 0 Å². The molecule has 0 amide bonds. The summed E-state index contributed by atoms with van der Waals surface area (Å²) < 4.78 is 5.03. The van der Waals surface area contributed by atoms with Crippen molar-refractivity contribution in [1.82, 2.24) is 10.3 Å². The number of ether oxygens (including phenoxy) is 1. The van der Waals surface area contributed by atoms with Crippen molar-refractivity contribution in [2.24, 2.45) is 0 Å². The summed E-state index contributed by atoms with van der Waals surface area (Å²) in [5, 5.41) is 5.57. The number of thiazole rings is 1. The Hall–Kier alpha value is -0.450. The molecule has 1 rings (SSSR count). The third-order valence-corrected chi connectivity index (χ3v) is 2.79. The Balaban J connectivity index is 2.29. The zero-order chi connectivity index (χ0) is 10.4. The van der Waals surface area contributed by atoms with Crippen LogP contribution in [0.3, 0.4) is 0 Å². The summed E-state index contributed by atoms with van der Waals surface area (Å²) in [6, 6.07) is 0.791. The Morgan fingerprint density at radius 1 is 1.57 bits per heavy atom. The standard InChI is InChI=1S/C10H18N2OS/c1-8(4-5-13-3)12-9(2)10-6-14-7-11-10/h6-9,12H,4-5H2,1-3H3. The Morgan fingerprint density at radius 3 is 2.93 bits per heavy atom. The molecule has 1 aromatic rings. The molecule has 4 heteroatoms. The van der Waals surface area contributed by atoms with Crippen LogP contribution in [0.25, 0.3) is 0 Å². The highest BCUT2D eigenvalue weighted by atomic mass is 32.1. The highest BCUT2D eigenvalue weighted by Gasteiger charge is 2.10. The zero-order valence-electron chi connectivity index (χ0n) is 8.99. The van der Waals surface area contributed by atoms with Crippen molar-refractivity contribution >= 4 is 11.3 Å². The van der Waals surface area contributed by atoms with Gasteiger partial charge in [-0.05, 0) is 20.3 Å². The average molecular weight is 214 g/mol. The van der Waals surface area contributed by atoms with Crippen LogP contribution < -0.4 is 5.32 Å². The molecule has 0 saturated heterocycles. The second-order valence-corrected chi connectivity index (χ2v) is 4.20. The first-order valence-corrected chi connectivity index (χ1v) is 5.81. The molecule has 0 spiro atoms. The van der Waals surface area contributed by atoms with E-state index in [9.17, 15) is 0 Å². The van der Waals surface area contributed by atoms with Gasteiger partial charge in [-0.3, -0.25) is 0 Å². The molecule has 0 bridgehead atoms. The summed E-state index contributed by atoms with van der Waals surface area (Å²) in [5.41, 5.74) is 2.99. The van der Waals surface area contributed by atoms with Gasteiger partial charge in [0.1, 0.15) is 0 Å². The van der Waals surface area contributed by atoms with Crippen molar-refractivity contribution in [2.75, 3.05) is 13.7 Å². The maximum absolute atomic E-state index is 5.03. The van der Waals surface area contributed by atoms with Crippen LogP contribution in [0.2, 0.25) is 0 Å². The Bertz CT molecular complexity index is 238. The lowest BCUT2D eigenvalue weighted by molar-refractivity contribution is 0.183. The van der Waals surface area contributed by atoms with Crippen LogP contribution in [0.4, 0.5) is 0 Å². The van der Waals surface area contributed by atoms with Gasteiger partial charge in [0, 0.05) is 31.2 Å². The van der Waals surface area contributed by atoms with Crippen molar-refractivity contribution in [3.63, 3.8) is 0 Å². The predicted octanol–water partition coefficient (Wildman–Crippen LogP) is 2.22. The van der Waals surface area contributed by atoms with Gasteiger partial charge in [-0.25, -0.2) is 4.98 Å². The minimum atomic E-state index is 0.327. The first-order valence-electron chi connectivity index (χ1n) is 4.87. The SMILES string of the molecule is COCCC(C)NC(C)c1cscn1. The molecule has 0 fully saturated rings. The third kappa shape index (κ3) is 3.74. The van der Waals surface area contributed by atoms with Crippen molar-refractivity contribution < 1.29 is 4.74 Å². The number of hydrogen-bond donors (Lipinski definition) is 1. The fourth-order valence-corrected chi connectivity index (χ4v) is 1.97. The third-order valence-electron chi connectivity index (χ3n) is 2.18. The highest BCUT2D eigenvalue weighted by Crippen LogP contribution is 2.12. The van der Waals surface area contributed by atoms with Crippen LogP contribution in [-0.4, -0.2) is 24.7 Å². The predicted molar refractivity (Wildman–Crippen MR) is 59.6 cm³/mol. The van der Waals surface area contributed by atoms with Gasteiger partial charge in [0.2, 0.25) is 0 Å². The Labute approximate surface area is 89.5 Å². The largest absolute Gasteiger partial charge is 0.385 e. The molecule has 14 heavy (non-hydrogen) atoms. The second kappa shape index (κ2) is 6.11. The number of aromatic nitrogens is 1. The molecule has 0 radical (unpaired) electrons. The summed E-state index contributed by atoms with van der Waals surface area (Å²) in [6.07, 6.45) is 1.03. The molecule has 1 N–H and O–H groups in total. The molecule has 2 unspecified atom stereocenters. The lowest BCUT2D eigenvalue weighted by Gasteiger charge is -2.18. The van der Waals surface area contributed by atoms with Crippen molar-refractivity contribution in [1.29, 1.82) is 0 Å². The molecule has 3 nitrogen and oxygen atoms in total. The van der Waals surface area contributed by atoms with Gasteiger partial charge in [-0.2, -0.15) is 0 Å². The van der Waals surface area contributed by atoms with Crippen LogP contribution in [0.15, 0.2) is 10.9 Å². The topological polar surface area (TPSA) is 34.1 Å². The highest BCUT2D eigenvalue weighted by molar-refractivity contribution is 7.07. The molecule has 2 atom stereocenters. The molecule has 1 heterocycles. The van der Waals surface area contributed by atoms with E-state index in [2.05, 4.69) is 29.5 Å². The number of rotatable bonds is 6. The lowest BCUT2D eigenvalue weighted by atomic mass is 10.2. The molecule has 80 valence electrons. The van der Waals surface area contributed by atoms with E-state index in [0.29, 0.717) is 12.1 Å². The van der Waals surface area contributed by atoms with Gasteiger partial charge in [-0.1, -0.05) is 0 Å². The summed E-state index contributed by atoms with van der Waals surface area (Å²) in [5.74, 6) is 0. The van der Waals surface area contributed by atoms with E-state index in [1.165, 1.54) is 0 Å². The van der Waals surface area contributed by atoms with Gasteiger partial charge < -0.3 is 10.1 Å². The van der Waals surface area contributed by atoms with E-state index in [-0.39, 0.29) is 0 Å². The van der Waals surface area contributed by atoms with E-state index in [0.717, 1.165) is 18.7 Å². The van der Waals surface area contributed by atoms with Crippen molar-refractivity contribution in [3.8, 4) is 0 Å². The minimum absolute atomic E-state index is 0.327. The summed E-state index contributed by atoms with van der Waals surface area (Å²) in [6.45, 7) is 5.11. The fourth-order valence-electron chi connectivity index (χ4n) is 1.33. The molecule has 0 aliphatic rings. The molecule has 0 aliphatic heterocycles. The Kier molecular flexibility index (Phi) is 5.07. The average Bonchev–Trinajstić information content (AvgIpc) is 2.67. The summed E-state index contributed by atoms with van der Waals surface area (Å²) >= 11 is 1.64. The van der Waals surface area contributed by atoms with Crippen LogP contribution in [-0.2, 0) is 4.74 Å². The smallest absolute Gasteiger partial charge is 0.0795 e. The van der Waals surface area contributed by atoms with Gasteiger partial charge >= 0.3 is 0 Å². The maximum atomic E-state index is 5.03. The first-order chi connectivity index (χ1) is 6.74. The van der Waals surface area contributed by atoms with Crippen LogP contribution >= 0.6 is 11.3 Å². The van der Waals surface area contributed by atoms with Crippen LogP contribution in [0, 0.1) is 0 Å². The van der Waals surface area contributed by atoms with E-state index >= 15 is 0 Å². The molecule has 1 aromatic heterocycles. The van der Waals surface area contributed by atoms with Gasteiger partial charge in [0.25, 0.3) is 0 Å². The van der Waals surface area contributed by atoms with Gasteiger partial charge in [0.15, 0.2) is 0 Å². The van der Waals surface area contributed by atoms with Crippen molar-refractivity contribution in [2.45, 2.75) is 32.4 Å². The summed E-state index contributed by atoms with van der Waals surface area (Å²) in [4.78, 5) is 4.27. The minimum Gasteiger partial charge on any atom is -0.385 e. The van der Waals surface area contributed by atoms with E-state index in [1.807, 2.05) is 5.51 Å². The lowest BCUT2D eigenvalue weighted by Crippen LogP contribution is -2.30. The van der Waals surface area contributed by atoms with Gasteiger partial charge in [-0.15, -0.1) is 11.3 Å². The summed E-state index contributed by atoms with van der Waals surface area (Å²) in [7, 11) is 1.73. The van der Waals surface area contributed by atoms with Crippen molar-refractivity contribution in [3.05, 3.63) is 16.6 Å². The van der Waals surface area contributed by atoms with E-state index in [1.54, 1.807) is 18.4 Å². The number of nitrogens with zero attached hydrogens (tertiary/aromatic N) is 1. The quantitative estimate of drug-likeness (QED) is 0.788. The maximum Gasteiger partial charge on any atom is 0.0795 e. The second-order valence-electron chi connectivity index (χ2n) is 3.48. The molecular weight excluding hydrogens is 196 g/mol. The Morgan fingerprint density at radius 2 is 2.36 bits per heavy atom. The molecular formula is C10H18N2OS. The monoisotopic (exact) mass is 214 g/mol. The molecule has 0 aliphatic carbocycles. The van der Waals surface area contributed by atoms with Crippen LogP contribution in [0.1, 0.15) is 32.0 Å².